The summed E-state index contributed by atoms with van der Waals surface area (Å²) in [6.07, 6.45) is -9.25. The van der Waals surface area contributed by atoms with Crippen molar-refractivity contribution in [3.63, 3.8) is 0 Å². The van der Waals surface area contributed by atoms with Gasteiger partial charge in [0.05, 0.1) is 44.5 Å². The number of pyridine rings is 1. The van der Waals surface area contributed by atoms with Crippen LogP contribution in [-0.2, 0) is 28.9 Å². The van der Waals surface area contributed by atoms with E-state index in [-0.39, 0.29) is 56.7 Å². The molecule has 0 bridgehead atoms. The fraction of sp³-hybridized carbons (Fsp3) is 0.185. The molecule has 4 rings (SSSR count). The molecule has 0 aliphatic carbocycles. The molecule has 0 saturated heterocycles. The number of carbonyl (C=O) groups excluding carboxylic acids is 2. The van der Waals surface area contributed by atoms with Crippen LogP contribution < -0.4 is 15.4 Å². The molecule has 4 aromatic rings. The Kier molecular flexibility index (Phi) is 9.72. The summed E-state index contributed by atoms with van der Waals surface area (Å²) < 4.78 is 108. The topological polar surface area (TPSA) is 135 Å². The van der Waals surface area contributed by atoms with Gasteiger partial charge in [0.15, 0.2) is 5.82 Å². The monoisotopic (exact) mass is 708 g/mol. The maximum atomic E-state index is 13.6. The number of aryl methyl sites for hydroxylation is 1. The van der Waals surface area contributed by atoms with Crippen molar-refractivity contribution in [2.45, 2.75) is 30.7 Å². The molecule has 2 aromatic carbocycles. The van der Waals surface area contributed by atoms with Crippen molar-refractivity contribution in [3.8, 4) is 5.82 Å². The molecular weight excluding hydrogens is 689 g/mol. The minimum atomic E-state index is -5.28. The van der Waals surface area contributed by atoms with Gasteiger partial charge in [0.25, 0.3) is 11.8 Å². The van der Waals surface area contributed by atoms with Crippen LogP contribution in [-0.4, -0.2) is 42.0 Å². The first-order chi connectivity index (χ1) is 21.3. The molecule has 0 fully saturated rings. The highest BCUT2D eigenvalue weighted by molar-refractivity contribution is 7.89. The number of hydrogen-bond donors (Lipinski definition) is 3. The maximum absolute atomic E-state index is 13.6. The number of hydrogen-bond acceptors (Lipinski definition) is 6. The van der Waals surface area contributed by atoms with E-state index in [2.05, 4.69) is 20.7 Å². The second-order valence-corrected chi connectivity index (χ2v) is 12.1. The minimum absolute atomic E-state index is 0.00384. The van der Waals surface area contributed by atoms with Crippen LogP contribution in [0, 0.1) is 6.92 Å². The van der Waals surface area contributed by atoms with E-state index in [0.717, 1.165) is 10.7 Å². The highest BCUT2D eigenvalue weighted by atomic mass is 35.5. The van der Waals surface area contributed by atoms with Crippen LogP contribution in [0.25, 0.3) is 5.82 Å². The fourth-order valence-electron chi connectivity index (χ4n) is 4.11. The summed E-state index contributed by atoms with van der Waals surface area (Å²) in [5.74, 6) is -1.55. The Balaban J connectivity index is 1.73. The lowest BCUT2D eigenvalue weighted by atomic mass is 10.1. The quantitative estimate of drug-likeness (QED) is 0.192. The average molecular weight is 709 g/mol. The van der Waals surface area contributed by atoms with Gasteiger partial charge >= 0.3 is 12.4 Å². The van der Waals surface area contributed by atoms with Crippen molar-refractivity contribution in [1.29, 1.82) is 0 Å². The van der Waals surface area contributed by atoms with Gasteiger partial charge < -0.3 is 10.6 Å². The van der Waals surface area contributed by atoms with E-state index >= 15 is 0 Å². The van der Waals surface area contributed by atoms with E-state index in [1.165, 1.54) is 37.5 Å². The van der Waals surface area contributed by atoms with Gasteiger partial charge in [0.2, 0.25) is 10.0 Å². The molecule has 2 amide bonds. The van der Waals surface area contributed by atoms with Crippen molar-refractivity contribution in [1.82, 2.24) is 24.8 Å². The molecule has 3 N–H and O–H groups in total. The number of anilines is 1. The second-order valence-electron chi connectivity index (χ2n) is 9.49. The summed E-state index contributed by atoms with van der Waals surface area (Å²) in [5.41, 5.74) is -3.68. The smallest absolute Gasteiger partial charge is 0.355 e. The molecule has 10 nitrogen and oxygen atoms in total. The van der Waals surface area contributed by atoms with Gasteiger partial charge in [-0.1, -0.05) is 23.2 Å². The number of carbonyl (C=O) groups is 2. The number of sulfonamides is 1. The lowest BCUT2D eigenvalue weighted by molar-refractivity contribution is -0.143. The highest BCUT2D eigenvalue weighted by Gasteiger charge is 2.38. The Bertz CT molecular complexity index is 1920. The molecule has 0 radical (unpaired) electrons. The molecule has 0 saturated carbocycles. The summed E-state index contributed by atoms with van der Waals surface area (Å²) in [7, 11) is -3.64. The number of benzene rings is 2. The van der Waals surface area contributed by atoms with Crippen molar-refractivity contribution in [2.24, 2.45) is 0 Å². The molecule has 19 heteroatoms. The molecule has 2 aromatic heterocycles. The molecule has 244 valence electrons. The van der Waals surface area contributed by atoms with Crippen LogP contribution in [0.3, 0.4) is 0 Å². The minimum Gasteiger partial charge on any atom is -0.355 e. The van der Waals surface area contributed by atoms with Crippen LogP contribution in [0.4, 0.5) is 32.0 Å². The molecular formula is C27H20Cl2F6N6O4S. The largest absolute Gasteiger partial charge is 0.416 e. The number of aromatic nitrogens is 3. The fourth-order valence-corrected chi connectivity index (χ4v) is 5.65. The third kappa shape index (κ3) is 7.60. The van der Waals surface area contributed by atoms with Crippen LogP contribution in [0.2, 0.25) is 10.0 Å². The molecule has 0 aliphatic rings. The second kappa shape index (κ2) is 12.9. The summed E-state index contributed by atoms with van der Waals surface area (Å²) in [5, 5.41) is 9.35. The number of halogens is 8. The van der Waals surface area contributed by atoms with Gasteiger partial charge in [-0.15, -0.1) is 0 Å². The van der Waals surface area contributed by atoms with Crippen LogP contribution in [0.5, 0.6) is 0 Å². The third-order valence-electron chi connectivity index (χ3n) is 6.26. The van der Waals surface area contributed by atoms with Crippen molar-refractivity contribution in [3.05, 3.63) is 98.4 Å². The van der Waals surface area contributed by atoms with Crippen LogP contribution >= 0.6 is 23.2 Å². The molecule has 0 aliphatic heterocycles. The van der Waals surface area contributed by atoms with Gasteiger partial charge in [0, 0.05) is 18.3 Å². The molecule has 0 unspecified atom stereocenters. The number of nitrogens with one attached hydrogen (secondary N) is 3. The number of rotatable bonds is 8. The summed E-state index contributed by atoms with van der Waals surface area (Å²) >= 11 is 12.3. The highest BCUT2D eigenvalue weighted by Crippen LogP contribution is 2.37. The van der Waals surface area contributed by atoms with E-state index < -0.39 is 56.8 Å². The Labute approximate surface area is 266 Å². The van der Waals surface area contributed by atoms with E-state index in [0.29, 0.717) is 5.56 Å². The first kappa shape index (κ1) is 34.7. The zero-order valence-corrected chi connectivity index (χ0v) is 25.6. The van der Waals surface area contributed by atoms with Gasteiger partial charge in [-0.2, -0.15) is 31.4 Å². The van der Waals surface area contributed by atoms with Crippen LogP contribution in [0.15, 0.2) is 59.6 Å². The molecule has 0 spiro atoms. The van der Waals surface area contributed by atoms with E-state index in [1.54, 1.807) is 6.92 Å². The predicted molar refractivity (Wildman–Crippen MR) is 154 cm³/mol. The van der Waals surface area contributed by atoms with Crippen molar-refractivity contribution >= 4 is 50.7 Å². The lowest BCUT2D eigenvalue weighted by Crippen LogP contribution is -2.25. The van der Waals surface area contributed by atoms with Crippen molar-refractivity contribution in [2.75, 3.05) is 12.4 Å². The molecule has 46 heavy (non-hydrogen) atoms. The zero-order chi connectivity index (χ0) is 34.2. The maximum Gasteiger partial charge on any atom is 0.416 e. The van der Waals surface area contributed by atoms with Crippen LogP contribution in [0.1, 0.15) is 43.2 Å². The summed E-state index contributed by atoms with van der Waals surface area (Å²) in [6, 6.07) is 6.67. The standard InChI is InChI=1S/C27H20Cl2F6N6O4S/c1-13-6-16(28)10-19(24(42)36-2)22(13)39-25(43)21-11-17(40-41(21)23-20(29)4-3-5-37-23)12-38-46(44,45)18-8-14(26(30,31)32)7-15(9-18)27(33,34)35/h3-11,38H,12H2,1-2H3,(H,36,42)(H,39,43). The first-order valence-electron chi connectivity index (χ1n) is 12.6. The van der Waals surface area contributed by atoms with Crippen molar-refractivity contribution < 1.29 is 44.3 Å². The molecule has 0 atom stereocenters. The van der Waals surface area contributed by atoms with Gasteiger partial charge in [-0.25, -0.2) is 22.8 Å². The third-order valence-corrected chi connectivity index (χ3v) is 8.15. The van der Waals surface area contributed by atoms with Gasteiger partial charge in [-0.3, -0.25) is 9.59 Å². The Morgan fingerprint density at radius 2 is 1.57 bits per heavy atom. The SMILES string of the molecule is CNC(=O)c1cc(Cl)cc(C)c1NC(=O)c1cc(CNS(=O)(=O)c2cc(C(F)(F)F)cc(C(F)(F)F)c2)nn1-c1ncccc1Cl. The van der Waals surface area contributed by atoms with E-state index in [9.17, 15) is 44.3 Å². The number of alkyl halides is 6. The van der Waals surface area contributed by atoms with Gasteiger partial charge in [0.1, 0.15) is 5.69 Å². The van der Waals surface area contributed by atoms with Gasteiger partial charge in [-0.05, 0) is 61.0 Å². The van der Waals surface area contributed by atoms with E-state index in [4.69, 9.17) is 23.2 Å². The van der Waals surface area contributed by atoms with E-state index in [1.807, 2.05) is 4.72 Å². The zero-order valence-electron chi connectivity index (χ0n) is 23.3. The average Bonchev–Trinajstić information content (AvgIpc) is 3.40. The first-order valence-corrected chi connectivity index (χ1v) is 14.9. The Hall–Kier alpha value is -4.19. The predicted octanol–water partition coefficient (Wildman–Crippen LogP) is 6.01. The summed E-state index contributed by atoms with van der Waals surface area (Å²) in [6.45, 7) is 0.778. The Morgan fingerprint density at radius 3 is 2.13 bits per heavy atom. The molecule has 2 heterocycles. The number of amides is 2. The Morgan fingerprint density at radius 1 is 0.935 bits per heavy atom. The summed E-state index contributed by atoms with van der Waals surface area (Å²) in [4.78, 5) is 28.8. The number of nitrogens with zero attached hydrogens (tertiary/aromatic N) is 3. The normalized spacial score (nSPS) is 12.2. The lowest BCUT2D eigenvalue weighted by Gasteiger charge is -2.14.